The Kier molecular flexibility index (Phi) is 4.91. The normalized spacial score (nSPS) is 11.0. The average Bonchev–Trinajstić information content (AvgIpc) is 3.34. The molecule has 0 fully saturated rings. The summed E-state index contributed by atoms with van der Waals surface area (Å²) in [6.07, 6.45) is 3.63. The van der Waals surface area contributed by atoms with Crippen LogP contribution in [-0.2, 0) is 7.05 Å². The largest absolute Gasteiger partial charge is 0.465 e. The van der Waals surface area contributed by atoms with Crippen LogP contribution in [0, 0.1) is 13.8 Å². The standard InChI is InChI=1S/C20H17BrN4O2S/c1-11-14(15(21)12(2)27-11)19(26)24-20-23-16(13-7-5-4-6-8-13)17(28-20)18-22-9-10-25(18)3/h4-10H,1-3H3,(H,23,24,26). The molecule has 0 saturated carbocycles. The molecule has 4 aromatic rings. The first kappa shape index (κ1) is 18.6. The molecule has 3 heterocycles. The molecule has 8 heteroatoms. The molecule has 1 aromatic carbocycles. The lowest BCUT2D eigenvalue weighted by molar-refractivity contribution is 0.102. The number of rotatable bonds is 4. The molecule has 0 unspecified atom stereocenters. The van der Waals surface area contributed by atoms with Gasteiger partial charge >= 0.3 is 0 Å². The van der Waals surface area contributed by atoms with Gasteiger partial charge < -0.3 is 8.98 Å². The fraction of sp³-hybridized carbons (Fsp3) is 0.150. The van der Waals surface area contributed by atoms with Crippen LogP contribution in [0.25, 0.3) is 22.0 Å². The van der Waals surface area contributed by atoms with Crippen molar-refractivity contribution in [2.24, 2.45) is 7.05 Å². The SMILES string of the molecule is Cc1oc(C)c(C(=O)Nc2nc(-c3ccccc3)c(-c3nccn3C)s2)c1Br. The molecule has 0 bridgehead atoms. The van der Waals surface area contributed by atoms with Crippen molar-refractivity contribution in [2.75, 3.05) is 5.32 Å². The number of aromatic nitrogens is 3. The molecule has 28 heavy (non-hydrogen) atoms. The maximum absolute atomic E-state index is 12.8. The van der Waals surface area contributed by atoms with Crippen molar-refractivity contribution >= 4 is 38.3 Å². The Morgan fingerprint density at radius 1 is 1.21 bits per heavy atom. The van der Waals surface area contributed by atoms with Gasteiger partial charge in [0.05, 0.1) is 20.6 Å². The molecule has 0 aliphatic heterocycles. The number of nitrogens with zero attached hydrogens (tertiary/aromatic N) is 3. The zero-order chi connectivity index (χ0) is 19.8. The molecule has 0 aliphatic carbocycles. The lowest BCUT2D eigenvalue weighted by Gasteiger charge is -2.02. The van der Waals surface area contributed by atoms with Crippen molar-refractivity contribution in [1.82, 2.24) is 14.5 Å². The van der Waals surface area contributed by atoms with Gasteiger partial charge in [-0.25, -0.2) is 9.97 Å². The van der Waals surface area contributed by atoms with E-state index in [9.17, 15) is 4.79 Å². The maximum atomic E-state index is 12.8. The van der Waals surface area contributed by atoms with E-state index in [-0.39, 0.29) is 5.91 Å². The van der Waals surface area contributed by atoms with E-state index in [4.69, 9.17) is 9.40 Å². The van der Waals surface area contributed by atoms with E-state index in [0.717, 1.165) is 22.0 Å². The Bertz CT molecular complexity index is 1160. The maximum Gasteiger partial charge on any atom is 0.262 e. The molecule has 4 rings (SSSR count). The van der Waals surface area contributed by atoms with Crippen molar-refractivity contribution in [3.05, 3.63) is 64.3 Å². The molecule has 1 amide bonds. The van der Waals surface area contributed by atoms with Gasteiger partial charge in [0.2, 0.25) is 0 Å². The summed E-state index contributed by atoms with van der Waals surface area (Å²) in [7, 11) is 1.93. The molecule has 0 radical (unpaired) electrons. The fourth-order valence-electron chi connectivity index (χ4n) is 2.98. The van der Waals surface area contributed by atoms with Gasteiger partial charge in [-0.3, -0.25) is 10.1 Å². The first-order valence-corrected chi connectivity index (χ1v) is 10.2. The van der Waals surface area contributed by atoms with Crippen LogP contribution in [0.3, 0.4) is 0 Å². The lowest BCUT2D eigenvalue weighted by atomic mass is 10.1. The van der Waals surface area contributed by atoms with E-state index < -0.39 is 0 Å². The second kappa shape index (κ2) is 7.37. The Labute approximate surface area is 174 Å². The summed E-state index contributed by atoms with van der Waals surface area (Å²) in [6, 6.07) is 9.87. The summed E-state index contributed by atoms with van der Waals surface area (Å²) in [5.41, 5.74) is 2.23. The van der Waals surface area contributed by atoms with Gasteiger partial charge in [-0.05, 0) is 29.8 Å². The molecule has 0 atom stereocenters. The number of aryl methyl sites for hydroxylation is 3. The third-order valence-electron chi connectivity index (χ3n) is 4.33. The Morgan fingerprint density at radius 3 is 2.57 bits per heavy atom. The number of hydrogen-bond donors (Lipinski definition) is 1. The predicted octanol–water partition coefficient (Wildman–Crippen LogP) is 5.44. The van der Waals surface area contributed by atoms with Crippen molar-refractivity contribution < 1.29 is 9.21 Å². The van der Waals surface area contributed by atoms with Gasteiger partial charge in [0, 0.05) is 25.0 Å². The van der Waals surface area contributed by atoms with E-state index >= 15 is 0 Å². The number of halogens is 1. The van der Waals surface area contributed by atoms with Crippen molar-refractivity contribution in [1.29, 1.82) is 0 Å². The van der Waals surface area contributed by atoms with Gasteiger partial charge in [-0.1, -0.05) is 41.7 Å². The van der Waals surface area contributed by atoms with Crippen LogP contribution in [-0.4, -0.2) is 20.4 Å². The second-order valence-corrected chi connectivity index (χ2v) is 8.07. The number of carbonyl (C=O) groups is 1. The summed E-state index contributed by atoms with van der Waals surface area (Å²) in [4.78, 5) is 22.9. The van der Waals surface area contributed by atoms with Crippen molar-refractivity contribution in [3.63, 3.8) is 0 Å². The molecular formula is C20H17BrN4O2S. The average molecular weight is 457 g/mol. The number of amides is 1. The monoisotopic (exact) mass is 456 g/mol. The summed E-state index contributed by atoms with van der Waals surface area (Å²) in [6.45, 7) is 3.58. The van der Waals surface area contributed by atoms with Crippen LogP contribution in [0.2, 0.25) is 0 Å². The van der Waals surface area contributed by atoms with Crippen LogP contribution < -0.4 is 5.32 Å². The quantitative estimate of drug-likeness (QED) is 0.443. The Balaban J connectivity index is 1.76. The van der Waals surface area contributed by atoms with E-state index in [0.29, 0.717) is 26.7 Å². The minimum Gasteiger partial charge on any atom is -0.465 e. The lowest BCUT2D eigenvalue weighted by Crippen LogP contribution is -2.12. The fourth-order valence-corrected chi connectivity index (χ4v) is 4.54. The minimum atomic E-state index is -0.263. The number of furan rings is 1. The highest BCUT2D eigenvalue weighted by Crippen LogP contribution is 2.38. The summed E-state index contributed by atoms with van der Waals surface area (Å²) in [5, 5.41) is 3.41. The number of nitrogens with one attached hydrogen (secondary N) is 1. The van der Waals surface area contributed by atoms with E-state index in [1.54, 1.807) is 13.1 Å². The number of thiazole rings is 1. The van der Waals surface area contributed by atoms with Gasteiger partial charge in [0.15, 0.2) is 11.0 Å². The minimum absolute atomic E-state index is 0.263. The van der Waals surface area contributed by atoms with Crippen LogP contribution in [0.1, 0.15) is 21.9 Å². The van der Waals surface area contributed by atoms with Gasteiger partial charge in [-0.2, -0.15) is 0 Å². The first-order chi connectivity index (χ1) is 13.5. The highest BCUT2D eigenvalue weighted by molar-refractivity contribution is 9.10. The summed E-state index contributed by atoms with van der Waals surface area (Å²) >= 11 is 4.82. The number of anilines is 1. The molecule has 1 N–H and O–H groups in total. The van der Waals surface area contributed by atoms with E-state index in [1.807, 2.05) is 55.1 Å². The third kappa shape index (κ3) is 3.29. The molecular weight excluding hydrogens is 440 g/mol. The van der Waals surface area contributed by atoms with Gasteiger partial charge in [0.1, 0.15) is 11.5 Å². The van der Waals surface area contributed by atoms with Crippen molar-refractivity contribution in [3.8, 4) is 22.0 Å². The van der Waals surface area contributed by atoms with E-state index in [2.05, 4.69) is 26.2 Å². The predicted molar refractivity (Wildman–Crippen MR) is 114 cm³/mol. The first-order valence-electron chi connectivity index (χ1n) is 8.56. The van der Waals surface area contributed by atoms with Crippen LogP contribution >= 0.6 is 27.3 Å². The highest BCUT2D eigenvalue weighted by atomic mass is 79.9. The molecule has 0 spiro atoms. The topological polar surface area (TPSA) is 73.0 Å². The molecule has 0 saturated heterocycles. The Morgan fingerprint density at radius 2 is 1.96 bits per heavy atom. The van der Waals surface area contributed by atoms with Gasteiger partial charge in [-0.15, -0.1) is 0 Å². The van der Waals surface area contributed by atoms with E-state index in [1.165, 1.54) is 11.3 Å². The zero-order valence-electron chi connectivity index (χ0n) is 15.5. The Hall–Kier alpha value is -2.71. The third-order valence-corrected chi connectivity index (χ3v) is 6.25. The number of hydrogen-bond acceptors (Lipinski definition) is 5. The smallest absolute Gasteiger partial charge is 0.262 e. The second-order valence-electron chi connectivity index (χ2n) is 6.28. The van der Waals surface area contributed by atoms with Crippen LogP contribution in [0.5, 0.6) is 0 Å². The number of carbonyl (C=O) groups excluding carboxylic acids is 1. The molecule has 0 aliphatic rings. The molecule has 142 valence electrons. The summed E-state index contributed by atoms with van der Waals surface area (Å²) < 4.78 is 8.13. The van der Waals surface area contributed by atoms with Gasteiger partial charge in [0.25, 0.3) is 5.91 Å². The summed E-state index contributed by atoms with van der Waals surface area (Å²) in [5.74, 6) is 1.76. The zero-order valence-corrected chi connectivity index (χ0v) is 17.9. The van der Waals surface area contributed by atoms with Crippen molar-refractivity contribution in [2.45, 2.75) is 13.8 Å². The highest BCUT2D eigenvalue weighted by Gasteiger charge is 2.23. The van der Waals surface area contributed by atoms with Crippen LogP contribution in [0.4, 0.5) is 5.13 Å². The number of imidazole rings is 1. The molecule has 3 aromatic heterocycles. The number of benzene rings is 1. The van der Waals surface area contributed by atoms with Crippen LogP contribution in [0.15, 0.2) is 51.6 Å². The molecule has 6 nitrogen and oxygen atoms in total.